The third-order valence-corrected chi connectivity index (χ3v) is 3.18. The van der Waals surface area contributed by atoms with Crippen molar-refractivity contribution in [3.63, 3.8) is 0 Å². The third kappa shape index (κ3) is 2.40. The molecule has 104 valence electrons. The molecule has 2 aromatic rings. The van der Waals surface area contributed by atoms with Crippen LogP contribution >= 0.6 is 0 Å². The highest BCUT2D eigenvalue weighted by Gasteiger charge is 2.21. The van der Waals surface area contributed by atoms with Gasteiger partial charge in [0.1, 0.15) is 0 Å². The van der Waals surface area contributed by atoms with Gasteiger partial charge in [0.05, 0.1) is 24.1 Å². The van der Waals surface area contributed by atoms with Crippen molar-refractivity contribution in [2.24, 2.45) is 7.05 Å². The summed E-state index contributed by atoms with van der Waals surface area (Å²) in [6.45, 7) is 0.788. The van der Waals surface area contributed by atoms with E-state index in [1.54, 1.807) is 17.1 Å². The number of hydrogen-bond donors (Lipinski definition) is 2. The highest BCUT2D eigenvalue weighted by Crippen LogP contribution is 2.19. The fraction of sp³-hybridized carbons (Fsp3) is 0.333. The smallest absolute Gasteiger partial charge is 0.407 e. The second kappa shape index (κ2) is 4.80. The summed E-state index contributed by atoms with van der Waals surface area (Å²) in [5.74, 6) is 0.448. The van der Waals surface area contributed by atoms with Crippen LogP contribution in [0.5, 0.6) is 0 Å². The molecular weight excluding hydrogens is 260 g/mol. The Morgan fingerprint density at radius 2 is 2.30 bits per heavy atom. The molecular formula is C12H14N6O2. The molecule has 20 heavy (non-hydrogen) atoms. The lowest BCUT2D eigenvalue weighted by atomic mass is 10.1. The fourth-order valence-electron chi connectivity index (χ4n) is 2.14. The van der Waals surface area contributed by atoms with Gasteiger partial charge in [0, 0.05) is 26.0 Å². The molecule has 1 aliphatic rings. The lowest BCUT2D eigenvalue weighted by Gasteiger charge is -2.25. The molecule has 0 atom stereocenters. The van der Waals surface area contributed by atoms with Crippen molar-refractivity contribution in [1.82, 2.24) is 24.6 Å². The van der Waals surface area contributed by atoms with Gasteiger partial charge < -0.3 is 15.3 Å². The van der Waals surface area contributed by atoms with Gasteiger partial charge in [0.25, 0.3) is 0 Å². The van der Waals surface area contributed by atoms with E-state index in [9.17, 15) is 4.79 Å². The van der Waals surface area contributed by atoms with Crippen molar-refractivity contribution >= 4 is 17.7 Å². The maximum absolute atomic E-state index is 11.0. The number of anilines is 2. The van der Waals surface area contributed by atoms with Gasteiger partial charge >= 0.3 is 6.09 Å². The van der Waals surface area contributed by atoms with Crippen LogP contribution in [-0.2, 0) is 20.0 Å². The lowest BCUT2D eigenvalue weighted by Crippen LogP contribution is -2.35. The number of carbonyl (C=O) groups is 1. The summed E-state index contributed by atoms with van der Waals surface area (Å²) in [5.41, 5.74) is 2.54. The molecule has 8 heteroatoms. The first-order chi connectivity index (χ1) is 9.61. The second-order valence-corrected chi connectivity index (χ2v) is 4.65. The molecule has 0 fully saturated rings. The van der Waals surface area contributed by atoms with Crippen LogP contribution in [0.25, 0.3) is 0 Å². The van der Waals surface area contributed by atoms with E-state index in [0.717, 1.165) is 16.9 Å². The summed E-state index contributed by atoms with van der Waals surface area (Å²) in [6, 6.07) is 0. The Morgan fingerprint density at radius 3 is 3.00 bits per heavy atom. The minimum atomic E-state index is -0.920. The Hall–Kier alpha value is -2.64. The molecule has 1 aliphatic heterocycles. The Balaban J connectivity index is 1.81. The molecule has 2 N–H and O–H groups in total. The third-order valence-electron chi connectivity index (χ3n) is 3.18. The molecule has 0 bridgehead atoms. The summed E-state index contributed by atoms with van der Waals surface area (Å²) in [6.07, 6.45) is 4.96. The summed E-state index contributed by atoms with van der Waals surface area (Å²) < 4.78 is 1.67. The van der Waals surface area contributed by atoms with Crippen molar-refractivity contribution in [3.8, 4) is 0 Å². The average molecular weight is 274 g/mol. The first-order valence-corrected chi connectivity index (χ1v) is 6.20. The monoisotopic (exact) mass is 274 g/mol. The molecule has 0 aromatic carbocycles. The van der Waals surface area contributed by atoms with Crippen LogP contribution in [0.3, 0.4) is 0 Å². The first-order valence-electron chi connectivity index (χ1n) is 6.20. The van der Waals surface area contributed by atoms with E-state index in [1.165, 1.54) is 4.90 Å². The normalized spacial score (nSPS) is 13.9. The largest absolute Gasteiger partial charge is 0.465 e. The Labute approximate surface area is 115 Å². The zero-order valence-corrected chi connectivity index (χ0v) is 10.9. The van der Waals surface area contributed by atoms with E-state index in [-0.39, 0.29) is 0 Å². The molecule has 0 saturated carbocycles. The number of amides is 1. The van der Waals surface area contributed by atoms with Crippen LogP contribution in [0, 0.1) is 0 Å². The van der Waals surface area contributed by atoms with Crippen LogP contribution in [0.15, 0.2) is 18.6 Å². The van der Waals surface area contributed by atoms with Gasteiger partial charge in [-0.3, -0.25) is 4.68 Å². The maximum Gasteiger partial charge on any atom is 0.407 e. The molecule has 0 radical (unpaired) electrons. The number of aryl methyl sites for hydroxylation is 1. The predicted octanol–water partition coefficient (Wildman–Crippen LogP) is 0.990. The van der Waals surface area contributed by atoms with Crippen molar-refractivity contribution in [2.75, 3.05) is 11.9 Å². The van der Waals surface area contributed by atoms with Gasteiger partial charge in [-0.2, -0.15) is 5.10 Å². The van der Waals surface area contributed by atoms with E-state index < -0.39 is 6.09 Å². The molecule has 1 amide bonds. The predicted molar refractivity (Wildman–Crippen MR) is 70.7 cm³/mol. The van der Waals surface area contributed by atoms with Crippen LogP contribution in [0.1, 0.15) is 11.3 Å². The maximum atomic E-state index is 11.0. The van der Waals surface area contributed by atoms with Crippen LogP contribution in [0.2, 0.25) is 0 Å². The van der Waals surface area contributed by atoms with Crippen molar-refractivity contribution in [2.45, 2.75) is 13.0 Å². The summed E-state index contributed by atoms with van der Waals surface area (Å²) in [5, 5.41) is 16.1. The number of rotatable bonds is 2. The van der Waals surface area contributed by atoms with Crippen LogP contribution in [-0.4, -0.2) is 42.4 Å². The number of hydrogen-bond acceptors (Lipinski definition) is 5. The standard InChI is InChI=1S/C12H14N6O2/c1-17-6-9(5-14-17)15-11-13-4-8-2-3-18(12(19)20)7-10(8)16-11/h4-6H,2-3,7H2,1H3,(H,19,20)(H,13,15,16). The highest BCUT2D eigenvalue weighted by molar-refractivity contribution is 5.65. The lowest BCUT2D eigenvalue weighted by molar-refractivity contribution is 0.139. The Bertz CT molecular complexity index is 653. The van der Waals surface area contributed by atoms with Crippen LogP contribution < -0.4 is 5.32 Å². The molecule has 0 spiro atoms. The van der Waals surface area contributed by atoms with Gasteiger partial charge in [-0.25, -0.2) is 14.8 Å². The SMILES string of the molecule is Cn1cc(Nc2ncc3c(n2)CN(C(=O)O)CC3)cn1. The van der Waals surface area contributed by atoms with Gasteiger partial charge in [-0.1, -0.05) is 0 Å². The van der Waals surface area contributed by atoms with Gasteiger partial charge in [0.2, 0.25) is 5.95 Å². The number of carboxylic acid groups (broad SMARTS) is 1. The topological polar surface area (TPSA) is 96.2 Å². The number of aromatic nitrogens is 4. The zero-order chi connectivity index (χ0) is 14.1. The minimum Gasteiger partial charge on any atom is -0.465 e. The van der Waals surface area contributed by atoms with E-state index in [1.807, 2.05) is 13.2 Å². The second-order valence-electron chi connectivity index (χ2n) is 4.65. The van der Waals surface area contributed by atoms with E-state index in [0.29, 0.717) is 25.5 Å². The van der Waals surface area contributed by atoms with Gasteiger partial charge in [-0.05, 0) is 12.0 Å². The van der Waals surface area contributed by atoms with Crippen molar-refractivity contribution in [3.05, 3.63) is 29.8 Å². The molecule has 3 heterocycles. The molecule has 0 saturated heterocycles. The number of nitrogens with one attached hydrogen (secondary N) is 1. The van der Waals surface area contributed by atoms with E-state index >= 15 is 0 Å². The Morgan fingerprint density at radius 1 is 1.45 bits per heavy atom. The molecule has 0 aliphatic carbocycles. The fourth-order valence-corrected chi connectivity index (χ4v) is 2.14. The number of fused-ring (bicyclic) bond motifs is 1. The van der Waals surface area contributed by atoms with Crippen molar-refractivity contribution < 1.29 is 9.90 Å². The highest BCUT2D eigenvalue weighted by atomic mass is 16.4. The number of nitrogens with zero attached hydrogens (tertiary/aromatic N) is 5. The van der Waals surface area contributed by atoms with Crippen LogP contribution in [0.4, 0.5) is 16.4 Å². The quantitative estimate of drug-likeness (QED) is 0.847. The van der Waals surface area contributed by atoms with E-state index in [2.05, 4.69) is 20.4 Å². The van der Waals surface area contributed by atoms with Gasteiger partial charge in [-0.15, -0.1) is 0 Å². The summed E-state index contributed by atoms with van der Waals surface area (Å²) >= 11 is 0. The summed E-state index contributed by atoms with van der Waals surface area (Å²) in [4.78, 5) is 21.0. The van der Waals surface area contributed by atoms with Gasteiger partial charge in [0.15, 0.2) is 0 Å². The van der Waals surface area contributed by atoms with Crippen molar-refractivity contribution in [1.29, 1.82) is 0 Å². The summed E-state index contributed by atoms with van der Waals surface area (Å²) in [7, 11) is 1.82. The average Bonchev–Trinajstić information content (AvgIpc) is 2.83. The first kappa shape index (κ1) is 12.4. The molecule has 8 nitrogen and oxygen atoms in total. The Kier molecular flexibility index (Phi) is 2.97. The van der Waals surface area contributed by atoms with E-state index in [4.69, 9.17) is 5.11 Å². The molecule has 3 rings (SSSR count). The zero-order valence-electron chi connectivity index (χ0n) is 10.9. The molecule has 0 unspecified atom stereocenters. The minimum absolute atomic E-state index is 0.301. The molecule has 2 aromatic heterocycles.